The van der Waals surface area contributed by atoms with Crippen molar-refractivity contribution in [2.45, 2.75) is 39.3 Å². The summed E-state index contributed by atoms with van der Waals surface area (Å²) in [5, 5.41) is 14.7. The van der Waals surface area contributed by atoms with Gasteiger partial charge in [-0.1, -0.05) is 17.3 Å². The molecule has 1 aliphatic rings. The first-order chi connectivity index (χ1) is 13.6. The molecule has 1 amide bonds. The van der Waals surface area contributed by atoms with E-state index in [1.165, 1.54) is 0 Å². The van der Waals surface area contributed by atoms with Gasteiger partial charge in [0, 0.05) is 19.2 Å². The maximum Gasteiger partial charge on any atom is 0.274 e. The Hall–Kier alpha value is -2.16. The van der Waals surface area contributed by atoms with E-state index in [1.54, 1.807) is 7.11 Å². The molecule has 0 radical (unpaired) electrons. The average Bonchev–Trinajstić information content (AvgIpc) is 3.09. The first kappa shape index (κ1) is 23.1. The number of benzene rings is 1. The second kappa shape index (κ2) is 11.1. The van der Waals surface area contributed by atoms with Crippen molar-refractivity contribution in [3.8, 4) is 5.75 Å². The van der Waals surface area contributed by atoms with Crippen LogP contribution in [0.3, 0.4) is 0 Å². The van der Waals surface area contributed by atoms with Crippen molar-refractivity contribution in [2.24, 2.45) is 0 Å². The third-order valence-electron chi connectivity index (χ3n) is 5.00. The summed E-state index contributed by atoms with van der Waals surface area (Å²) in [5.41, 5.74) is 3.21. The lowest BCUT2D eigenvalue weighted by Gasteiger charge is -2.23. The van der Waals surface area contributed by atoms with Crippen LogP contribution in [0.15, 0.2) is 18.2 Å². The number of nitrogens with one attached hydrogen (secondary N) is 2. The summed E-state index contributed by atoms with van der Waals surface area (Å²) < 4.78 is 12.7. The number of rotatable bonds is 8. The highest BCUT2D eigenvalue weighted by atomic mass is 35.5. The summed E-state index contributed by atoms with van der Waals surface area (Å²) in [6, 6.07) is 6.24. The summed E-state index contributed by atoms with van der Waals surface area (Å²) in [5.74, 6) is 0.536. The largest absolute Gasteiger partial charge is 0.491 e. The lowest BCUT2D eigenvalue weighted by molar-refractivity contribution is 0.0944. The van der Waals surface area contributed by atoms with E-state index >= 15 is 0 Å². The Morgan fingerprint density at radius 3 is 2.76 bits per heavy atom. The molecule has 160 valence electrons. The van der Waals surface area contributed by atoms with Crippen molar-refractivity contribution >= 4 is 18.3 Å². The van der Waals surface area contributed by atoms with Gasteiger partial charge in [0.05, 0.1) is 18.3 Å². The van der Waals surface area contributed by atoms with Crippen LogP contribution < -0.4 is 15.4 Å². The zero-order chi connectivity index (χ0) is 19.9. The third-order valence-corrected chi connectivity index (χ3v) is 5.00. The van der Waals surface area contributed by atoms with Crippen LogP contribution in [0.5, 0.6) is 5.75 Å². The van der Waals surface area contributed by atoms with Gasteiger partial charge in [-0.05, 0) is 51.4 Å². The van der Waals surface area contributed by atoms with E-state index in [0.717, 1.165) is 48.5 Å². The average molecular weight is 424 g/mol. The molecule has 3 rings (SSSR count). The Bertz CT molecular complexity index is 805. The molecule has 1 aliphatic heterocycles. The van der Waals surface area contributed by atoms with E-state index in [1.807, 2.05) is 36.7 Å². The fourth-order valence-corrected chi connectivity index (χ4v) is 3.39. The number of hydrogen-bond donors (Lipinski definition) is 2. The number of aromatic nitrogens is 3. The van der Waals surface area contributed by atoms with Crippen LogP contribution in [0, 0.1) is 13.8 Å². The van der Waals surface area contributed by atoms with Gasteiger partial charge in [0.25, 0.3) is 5.91 Å². The van der Waals surface area contributed by atoms with Crippen LogP contribution in [0.2, 0.25) is 0 Å². The molecular formula is C20H30ClN5O3. The highest BCUT2D eigenvalue weighted by Crippen LogP contribution is 2.22. The van der Waals surface area contributed by atoms with Gasteiger partial charge in [0.15, 0.2) is 5.69 Å². The van der Waals surface area contributed by atoms with Crippen molar-refractivity contribution in [2.75, 3.05) is 33.4 Å². The van der Waals surface area contributed by atoms with Crippen molar-refractivity contribution in [1.29, 1.82) is 0 Å². The zero-order valence-corrected chi connectivity index (χ0v) is 18.1. The lowest BCUT2D eigenvalue weighted by Crippen LogP contribution is -2.30. The summed E-state index contributed by atoms with van der Waals surface area (Å²) in [7, 11) is 1.64. The van der Waals surface area contributed by atoms with Crippen LogP contribution in [0.4, 0.5) is 0 Å². The van der Waals surface area contributed by atoms with E-state index < -0.39 is 0 Å². The quantitative estimate of drug-likeness (QED) is 0.632. The highest BCUT2D eigenvalue weighted by molar-refractivity contribution is 5.93. The molecular weight excluding hydrogens is 394 g/mol. The molecule has 1 saturated heterocycles. The number of aryl methyl sites for hydroxylation is 1. The lowest BCUT2D eigenvalue weighted by atomic mass is 10.1. The monoisotopic (exact) mass is 423 g/mol. The summed E-state index contributed by atoms with van der Waals surface area (Å²) in [6.45, 7) is 7.18. The minimum Gasteiger partial charge on any atom is -0.491 e. The van der Waals surface area contributed by atoms with E-state index in [-0.39, 0.29) is 18.3 Å². The first-order valence-corrected chi connectivity index (χ1v) is 9.72. The van der Waals surface area contributed by atoms with Crippen molar-refractivity contribution in [1.82, 2.24) is 25.6 Å². The number of nitrogens with zero attached hydrogens (tertiary/aromatic N) is 3. The molecule has 29 heavy (non-hydrogen) atoms. The number of carbonyl (C=O) groups is 1. The molecule has 2 N–H and O–H groups in total. The minimum absolute atomic E-state index is 0. The Labute approximate surface area is 177 Å². The summed E-state index contributed by atoms with van der Waals surface area (Å²) in [4.78, 5) is 12.7. The maximum absolute atomic E-state index is 12.7. The summed E-state index contributed by atoms with van der Waals surface area (Å²) >= 11 is 0. The Balaban J connectivity index is 0.00000300. The second-order valence-corrected chi connectivity index (χ2v) is 7.08. The fourth-order valence-electron chi connectivity index (χ4n) is 3.39. The van der Waals surface area contributed by atoms with E-state index in [4.69, 9.17) is 9.47 Å². The number of piperidine rings is 1. The molecule has 2 aromatic rings. The molecule has 0 unspecified atom stereocenters. The molecule has 0 aliphatic carbocycles. The molecule has 2 heterocycles. The second-order valence-electron chi connectivity index (χ2n) is 7.08. The van der Waals surface area contributed by atoms with Gasteiger partial charge in [0.2, 0.25) is 0 Å². The SMILES string of the molecule is COCCOc1cc(C)ccc1CNC(=O)c1nnn(C2CCNCC2)c1C.Cl. The molecule has 0 atom stereocenters. The zero-order valence-electron chi connectivity index (χ0n) is 17.2. The van der Waals surface area contributed by atoms with E-state index in [9.17, 15) is 4.79 Å². The molecule has 9 heteroatoms. The Morgan fingerprint density at radius 1 is 1.28 bits per heavy atom. The highest BCUT2D eigenvalue weighted by Gasteiger charge is 2.23. The predicted molar refractivity (Wildman–Crippen MR) is 113 cm³/mol. The van der Waals surface area contributed by atoms with Crippen LogP contribution in [0.25, 0.3) is 0 Å². The number of halogens is 1. The number of carbonyl (C=O) groups excluding carboxylic acids is 1. The van der Waals surface area contributed by atoms with Gasteiger partial charge in [-0.3, -0.25) is 4.79 Å². The van der Waals surface area contributed by atoms with Crippen molar-refractivity contribution < 1.29 is 14.3 Å². The van der Waals surface area contributed by atoms with Gasteiger partial charge >= 0.3 is 0 Å². The van der Waals surface area contributed by atoms with Gasteiger partial charge in [0.1, 0.15) is 12.4 Å². The number of methoxy groups -OCH3 is 1. The van der Waals surface area contributed by atoms with Crippen LogP contribution in [0.1, 0.15) is 46.2 Å². The third kappa shape index (κ3) is 5.91. The van der Waals surface area contributed by atoms with Gasteiger partial charge in [-0.25, -0.2) is 4.68 Å². The molecule has 1 aromatic carbocycles. The minimum atomic E-state index is -0.221. The summed E-state index contributed by atoms with van der Waals surface area (Å²) in [6.07, 6.45) is 1.99. The fraction of sp³-hybridized carbons (Fsp3) is 0.550. The Morgan fingerprint density at radius 2 is 2.03 bits per heavy atom. The van der Waals surface area contributed by atoms with Crippen LogP contribution in [-0.4, -0.2) is 54.3 Å². The number of ether oxygens (including phenoxy) is 2. The smallest absolute Gasteiger partial charge is 0.274 e. The first-order valence-electron chi connectivity index (χ1n) is 9.72. The topological polar surface area (TPSA) is 90.3 Å². The molecule has 8 nitrogen and oxygen atoms in total. The van der Waals surface area contributed by atoms with Gasteiger partial charge in [-0.2, -0.15) is 0 Å². The molecule has 0 saturated carbocycles. The number of amides is 1. The van der Waals surface area contributed by atoms with Crippen molar-refractivity contribution in [3.05, 3.63) is 40.7 Å². The van der Waals surface area contributed by atoms with Crippen LogP contribution >= 0.6 is 12.4 Å². The van der Waals surface area contributed by atoms with Crippen LogP contribution in [-0.2, 0) is 11.3 Å². The van der Waals surface area contributed by atoms with E-state index in [2.05, 4.69) is 20.9 Å². The standard InChI is InChI=1S/C20H29N5O3.ClH/c1-14-4-5-16(18(12-14)28-11-10-27-3)13-22-20(26)19-15(2)25(24-23-19)17-6-8-21-9-7-17;/h4-5,12,17,21H,6-11,13H2,1-3H3,(H,22,26);1H. The van der Waals surface area contributed by atoms with Crippen molar-refractivity contribution in [3.63, 3.8) is 0 Å². The molecule has 0 spiro atoms. The maximum atomic E-state index is 12.7. The Kier molecular flexibility index (Phi) is 8.88. The van der Waals surface area contributed by atoms with Gasteiger partial charge < -0.3 is 20.1 Å². The molecule has 1 aromatic heterocycles. The van der Waals surface area contributed by atoms with Gasteiger partial charge in [-0.15, -0.1) is 17.5 Å². The molecule has 1 fully saturated rings. The number of hydrogen-bond acceptors (Lipinski definition) is 6. The van der Waals surface area contributed by atoms with E-state index in [0.29, 0.717) is 31.5 Å². The normalized spacial score (nSPS) is 14.3. The molecule has 0 bridgehead atoms. The predicted octanol–water partition coefficient (Wildman–Crippen LogP) is 2.20.